The number of aromatic hydroxyl groups is 1. The van der Waals surface area contributed by atoms with Gasteiger partial charge in [-0.15, -0.1) is 0 Å². The van der Waals surface area contributed by atoms with E-state index in [0.717, 1.165) is 32.5 Å². The number of nitrogens with zero attached hydrogens (tertiary/aromatic N) is 2. The maximum absolute atomic E-state index is 12.6. The summed E-state index contributed by atoms with van der Waals surface area (Å²) in [6, 6.07) is 3.69. The molecule has 1 aromatic heterocycles. The quantitative estimate of drug-likeness (QED) is 0.759. The van der Waals surface area contributed by atoms with Crippen LogP contribution in [0.2, 0.25) is 0 Å². The van der Waals surface area contributed by atoms with E-state index in [9.17, 15) is 9.90 Å². The molecule has 7 heteroatoms. The zero-order valence-electron chi connectivity index (χ0n) is 12.0. The number of phenolic OH excluding ortho intramolecular Hbond substituents is 1. The molecule has 1 amide bonds. The Kier molecular flexibility index (Phi) is 3.34. The fourth-order valence-corrected chi connectivity index (χ4v) is 3.93. The number of hydrogen-bond acceptors (Lipinski definition) is 4. The highest BCUT2D eigenvalue weighted by Gasteiger charge is 2.35. The Morgan fingerprint density at radius 2 is 2.18 bits per heavy atom. The van der Waals surface area contributed by atoms with Gasteiger partial charge in [0.1, 0.15) is 5.75 Å². The average Bonchev–Trinajstić information content (AvgIpc) is 2.97. The van der Waals surface area contributed by atoms with Crippen LogP contribution >= 0.6 is 15.9 Å². The fourth-order valence-electron chi connectivity index (χ4n) is 3.60. The Hall–Kier alpha value is -1.60. The second kappa shape index (κ2) is 5.24. The van der Waals surface area contributed by atoms with E-state index < -0.39 is 0 Å². The van der Waals surface area contributed by atoms with Crippen LogP contribution in [0.25, 0.3) is 10.9 Å². The van der Waals surface area contributed by atoms with Crippen LogP contribution in [0.4, 0.5) is 0 Å². The summed E-state index contributed by atoms with van der Waals surface area (Å²) in [6.45, 7) is 3.18. The molecule has 0 radical (unpaired) electrons. The van der Waals surface area contributed by atoms with Gasteiger partial charge < -0.3 is 15.3 Å². The van der Waals surface area contributed by atoms with Gasteiger partial charge in [-0.1, -0.05) is 0 Å². The van der Waals surface area contributed by atoms with Crippen LogP contribution in [0.3, 0.4) is 0 Å². The lowest BCUT2D eigenvalue weighted by atomic mass is 9.84. The van der Waals surface area contributed by atoms with Crippen molar-refractivity contribution in [1.82, 2.24) is 20.4 Å². The van der Waals surface area contributed by atoms with Crippen molar-refractivity contribution < 1.29 is 9.90 Å². The summed E-state index contributed by atoms with van der Waals surface area (Å²) in [5, 5.41) is 20.7. The van der Waals surface area contributed by atoms with Crippen molar-refractivity contribution in [2.75, 3.05) is 19.6 Å². The van der Waals surface area contributed by atoms with Gasteiger partial charge in [-0.05, 0) is 59.9 Å². The van der Waals surface area contributed by atoms with Gasteiger partial charge in [0.2, 0.25) is 0 Å². The Bertz CT molecular complexity index is 736. The molecule has 116 valence electrons. The van der Waals surface area contributed by atoms with Crippen LogP contribution in [0.15, 0.2) is 16.6 Å². The van der Waals surface area contributed by atoms with Crippen molar-refractivity contribution in [1.29, 1.82) is 0 Å². The minimum absolute atomic E-state index is 0.0466. The number of halogens is 1. The van der Waals surface area contributed by atoms with Crippen LogP contribution < -0.4 is 5.32 Å². The molecule has 3 N–H and O–H groups in total. The minimum atomic E-state index is -0.224. The highest BCUT2D eigenvalue weighted by molar-refractivity contribution is 9.10. The van der Waals surface area contributed by atoms with Gasteiger partial charge in [-0.2, -0.15) is 5.10 Å². The molecule has 22 heavy (non-hydrogen) atoms. The van der Waals surface area contributed by atoms with Crippen LogP contribution in [0, 0.1) is 5.92 Å². The van der Waals surface area contributed by atoms with Gasteiger partial charge in [0, 0.05) is 12.6 Å². The number of benzene rings is 1. The third-order valence-corrected chi connectivity index (χ3v) is 5.48. The number of carbonyl (C=O) groups is 1. The monoisotopic (exact) mass is 364 g/mol. The number of nitrogens with one attached hydrogen (secondary N) is 2. The topological polar surface area (TPSA) is 81.2 Å². The zero-order valence-corrected chi connectivity index (χ0v) is 13.6. The fraction of sp³-hybridized carbons (Fsp3) is 0.467. The molecular weight excluding hydrogens is 348 g/mol. The van der Waals surface area contributed by atoms with Gasteiger partial charge in [-0.3, -0.25) is 9.89 Å². The summed E-state index contributed by atoms with van der Waals surface area (Å²) < 4.78 is 0.554. The standard InChI is InChI=1S/C15H17BrN4O2/c16-9-1-2-10-12(14(9)21)13(19-18-10)15(22)17-11-7-20-5-3-8(11)4-6-20/h1-2,8,11,21H,3-7H2,(H,17,22)(H,18,19)/t11-/m1/s1. The summed E-state index contributed by atoms with van der Waals surface area (Å²) in [5.74, 6) is 0.378. The van der Waals surface area contributed by atoms with Crippen molar-refractivity contribution in [2.45, 2.75) is 18.9 Å². The first-order valence-corrected chi connectivity index (χ1v) is 8.31. The van der Waals surface area contributed by atoms with E-state index in [1.54, 1.807) is 12.1 Å². The van der Waals surface area contributed by atoms with Crippen LogP contribution in [0.1, 0.15) is 23.3 Å². The first kappa shape index (κ1) is 14.0. The van der Waals surface area contributed by atoms with Gasteiger partial charge in [0.15, 0.2) is 5.69 Å². The molecule has 0 spiro atoms. The van der Waals surface area contributed by atoms with E-state index in [1.807, 2.05) is 0 Å². The molecule has 3 aliphatic rings. The third-order valence-electron chi connectivity index (χ3n) is 4.84. The summed E-state index contributed by atoms with van der Waals surface area (Å²) in [4.78, 5) is 15.0. The second-order valence-corrected chi connectivity index (χ2v) is 6.96. The Morgan fingerprint density at radius 3 is 2.86 bits per heavy atom. The number of amides is 1. The summed E-state index contributed by atoms with van der Waals surface area (Å²) in [7, 11) is 0. The summed E-state index contributed by atoms with van der Waals surface area (Å²) in [5.41, 5.74) is 0.907. The molecule has 6 nitrogen and oxygen atoms in total. The molecule has 3 aliphatic heterocycles. The van der Waals surface area contributed by atoms with Gasteiger partial charge in [0.05, 0.1) is 15.4 Å². The van der Waals surface area contributed by atoms with E-state index >= 15 is 0 Å². The first-order valence-electron chi connectivity index (χ1n) is 7.52. The highest BCUT2D eigenvalue weighted by Crippen LogP contribution is 2.34. The lowest BCUT2D eigenvalue weighted by Gasteiger charge is -2.44. The van der Waals surface area contributed by atoms with Gasteiger partial charge in [-0.25, -0.2) is 0 Å². The molecule has 0 saturated carbocycles. The van der Waals surface area contributed by atoms with Crippen LogP contribution in [-0.4, -0.2) is 51.8 Å². The number of piperidine rings is 3. The second-order valence-electron chi connectivity index (χ2n) is 6.11. The average molecular weight is 365 g/mol. The van der Waals surface area contributed by atoms with Crippen molar-refractivity contribution in [2.24, 2.45) is 5.92 Å². The number of H-pyrrole nitrogens is 1. The third kappa shape index (κ3) is 2.19. The largest absolute Gasteiger partial charge is 0.506 e. The normalized spacial score (nSPS) is 27.2. The van der Waals surface area contributed by atoms with E-state index in [1.165, 1.54) is 0 Å². The van der Waals surface area contributed by atoms with Crippen molar-refractivity contribution in [3.8, 4) is 5.75 Å². The Morgan fingerprint density at radius 1 is 1.41 bits per heavy atom. The lowest BCUT2D eigenvalue weighted by molar-refractivity contribution is 0.0618. The number of fused-ring (bicyclic) bond motifs is 4. The molecular formula is C15H17BrN4O2. The molecule has 1 atom stereocenters. The predicted molar refractivity (Wildman–Crippen MR) is 85.9 cm³/mol. The number of rotatable bonds is 2. The number of phenols is 1. The molecule has 2 aromatic rings. The van der Waals surface area contributed by atoms with E-state index in [2.05, 4.69) is 36.3 Å². The number of aromatic nitrogens is 2. The minimum Gasteiger partial charge on any atom is -0.506 e. The van der Waals surface area contributed by atoms with E-state index in [0.29, 0.717) is 21.3 Å². The molecule has 0 unspecified atom stereocenters. The molecule has 1 aromatic carbocycles. The summed E-state index contributed by atoms with van der Waals surface area (Å²) in [6.07, 6.45) is 2.28. The first-order chi connectivity index (χ1) is 10.6. The SMILES string of the molecule is O=C(N[C@@H]1CN2CCC1CC2)c1n[nH]c2ccc(Br)c(O)c12. The molecule has 3 saturated heterocycles. The molecule has 3 fully saturated rings. The molecule has 2 bridgehead atoms. The number of hydrogen-bond donors (Lipinski definition) is 3. The highest BCUT2D eigenvalue weighted by atomic mass is 79.9. The lowest BCUT2D eigenvalue weighted by Crippen LogP contribution is -2.57. The van der Waals surface area contributed by atoms with Crippen molar-refractivity contribution in [3.05, 3.63) is 22.3 Å². The van der Waals surface area contributed by atoms with Crippen molar-refractivity contribution >= 4 is 32.7 Å². The number of aromatic amines is 1. The van der Waals surface area contributed by atoms with Crippen LogP contribution in [0.5, 0.6) is 5.75 Å². The maximum atomic E-state index is 12.6. The van der Waals surface area contributed by atoms with Crippen molar-refractivity contribution in [3.63, 3.8) is 0 Å². The smallest absolute Gasteiger partial charge is 0.272 e. The Balaban J connectivity index is 1.62. The summed E-state index contributed by atoms with van der Waals surface area (Å²) >= 11 is 3.28. The van der Waals surface area contributed by atoms with Gasteiger partial charge >= 0.3 is 0 Å². The van der Waals surface area contributed by atoms with E-state index in [4.69, 9.17) is 0 Å². The molecule has 0 aliphatic carbocycles. The Labute approximate surface area is 136 Å². The number of carbonyl (C=O) groups excluding carboxylic acids is 1. The van der Waals surface area contributed by atoms with Crippen LogP contribution in [-0.2, 0) is 0 Å². The predicted octanol–water partition coefficient (Wildman–Crippen LogP) is 1.85. The molecule has 4 heterocycles. The maximum Gasteiger partial charge on any atom is 0.272 e. The zero-order chi connectivity index (χ0) is 15.3. The van der Waals surface area contributed by atoms with Gasteiger partial charge in [0.25, 0.3) is 5.91 Å². The van der Waals surface area contributed by atoms with E-state index in [-0.39, 0.29) is 23.4 Å². The molecule has 5 rings (SSSR count).